The van der Waals surface area contributed by atoms with Gasteiger partial charge < -0.3 is 29.5 Å². The second-order valence-electron chi connectivity index (χ2n) is 10.4. The number of nitrogens with zero attached hydrogens (tertiary/aromatic N) is 1. The Kier molecular flexibility index (Phi) is 8.42. The van der Waals surface area contributed by atoms with Gasteiger partial charge in [0.2, 0.25) is 5.91 Å². The zero-order valence-electron chi connectivity index (χ0n) is 23.2. The van der Waals surface area contributed by atoms with Gasteiger partial charge in [0.25, 0.3) is 0 Å². The summed E-state index contributed by atoms with van der Waals surface area (Å²) in [5.41, 5.74) is 5.18. The number of ether oxygens (including phenoxy) is 3. The number of rotatable bonds is 10. The molecule has 1 fully saturated rings. The first-order valence-corrected chi connectivity index (χ1v) is 13.7. The molecule has 214 valence electrons. The highest BCUT2D eigenvalue weighted by Crippen LogP contribution is 2.44. The smallest absolute Gasteiger partial charge is 0.407 e. The number of alkyl carbamates (subject to hydrolysis) is 1. The van der Waals surface area contributed by atoms with Gasteiger partial charge in [0, 0.05) is 30.1 Å². The maximum absolute atomic E-state index is 13.6. The molecule has 0 radical (unpaired) electrons. The van der Waals surface area contributed by atoms with E-state index in [1.165, 1.54) is 12.0 Å². The zero-order chi connectivity index (χ0) is 28.9. The van der Waals surface area contributed by atoms with Gasteiger partial charge >= 0.3 is 12.1 Å². The average Bonchev–Trinajstić information content (AvgIpc) is 3.57. The first-order valence-electron chi connectivity index (χ1n) is 13.7. The maximum atomic E-state index is 13.6. The zero-order valence-corrected chi connectivity index (χ0v) is 23.2. The Morgan fingerprint density at radius 2 is 1.61 bits per heavy atom. The van der Waals surface area contributed by atoms with Crippen LogP contribution in [0.1, 0.15) is 41.9 Å². The largest absolute Gasteiger partial charge is 0.497 e. The molecular formula is C32H34N2O7. The Morgan fingerprint density at radius 3 is 2.24 bits per heavy atom. The van der Waals surface area contributed by atoms with Crippen LogP contribution in [0.2, 0.25) is 0 Å². The normalized spacial score (nSPS) is 17.3. The van der Waals surface area contributed by atoms with Crippen molar-refractivity contribution in [2.45, 2.75) is 37.8 Å². The molecule has 9 nitrogen and oxygen atoms in total. The summed E-state index contributed by atoms with van der Waals surface area (Å²) in [7, 11) is 3.05. The number of carboxylic acids is 1. The van der Waals surface area contributed by atoms with Crippen LogP contribution < -0.4 is 14.8 Å². The van der Waals surface area contributed by atoms with Crippen LogP contribution in [0, 0.1) is 5.92 Å². The van der Waals surface area contributed by atoms with Gasteiger partial charge in [-0.2, -0.15) is 0 Å². The summed E-state index contributed by atoms with van der Waals surface area (Å²) < 4.78 is 16.4. The molecular weight excluding hydrogens is 524 g/mol. The van der Waals surface area contributed by atoms with Gasteiger partial charge in [0.05, 0.1) is 20.1 Å². The van der Waals surface area contributed by atoms with E-state index >= 15 is 0 Å². The van der Waals surface area contributed by atoms with Crippen molar-refractivity contribution in [3.05, 3.63) is 83.4 Å². The van der Waals surface area contributed by atoms with Gasteiger partial charge in [-0.15, -0.1) is 0 Å². The highest BCUT2D eigenvalue weighted by molar-refractivity contribution is 5.84. The fourth-order valence-corrected chi connectivity index (χ4v) is 6.02. The lowest BCUT2D eigenvalue weighted by Gasteiger charge is -2.28. The third kappa shape index (κ3) is 5.99. The second-order valence-corrected chi connectivity index (χ2v) is 10.4. The van der Waals surface area contributed by atoms with Gasteiger partial charge in [-0.25, -0.2) is 4.79 Å². The van der Waals surface area contributed by atoms with E-state index in [0.717, 1.165) is 28.7 Å². The molecule has 9 heteroatoms. The van der Waals surface area contributed by atoms with E-state index in [0.29, 0.717) is 29.9 Å². The second kappa shape index (κ2) is 12.3. The number of carbonyl (C=O) groups is 3. The van der Waals surface area contributed by atoms with E-state index in [1.54, 1.807) is 25.3 Å². The van der Waals surface area contributed by atoms with Crippen LogP contribution in [0.5, 0.6) is 11.5 Å². The van der Waals surface area contributed by atoms with Crippen LogP contribution in [-0.4, -0.2) is 61.4 Å². The predicted octanol–water partition coefficient (Wildman–Crippen LogP) is 4.82. The monoisotopic (exact) mass is 558 g/mol. The fourth-order valence-electron chi connectivity index (χ4n) is 6.02. The summed E-state index contributed by atoms with van der Waals surface area (Å²) in [4.78, 5) is 39.6. The number of carboxylic acid groups (broad SMARTS) is 1. The molecule has 1 unspecified atom stereocenters. The molecule has 2 N–H and O–H groups in total. The average molecular weight is 559 g/mol. The van der Waals surface area contributed by atoms with Gasteiger partial charge in [0.1, 0.15) is 24.7 Å². The molecule has 3 aromatic rings. The Labute approximate surface area is 239 Å². The van der Waals surface area contributed by atoms with Crippen LogP contribution in [0.4, 0.5) is 4.79 Å². The number of benzene rings is 3. The number of nitrogens with one attached hydrogen (secondary N) is 1. The molecule has 5 rings (SSSR count). The number of methoxy groups -OCH3 is 2. The molecule has 2 atom stereocenters. The molecule has 41 heavy (non-hydrogen) atoms. The van der Waals surface area contributed by atoms with Crippen LogP contribution in [0.25, 0.3) is 11.1 Å². The summed E-state index contributed by atoms with van der Waals surface area (Å²) in [6, 6.07) is 21.0. The van der Waals surface area contributed by atoms with E-state index in [9.17, 15) is 19.5 Å². The lowest BCUT2D eigenvalue weighted by atomic mass is 9.98. The van der Waals surface area contributed by atoms with Crippen molar-refractivity contribution in [1.82, 2.24) is 10.2 Å². The minimum Gasteiger partial charge on any atom is -0.497 e. The Balaban J connectivity index is 1.25. The van der Waals surface area contributed by atoms with Crippen molar-refractivity contribution < 1.29 is 33.7 Å². The van der Waals surface area contributed by atoms with Crippen LogP contribution in [-0.2, 0) is 20.9 Å². The molecule has 2 amide bonds. The SMILES string of the molecule is COc1ccc(CN(CC(=O)O)C(=O)C2CCC[C@@H]2NC(=O)OCC2c3ccccc3-c3ccccc32)c(OC)c1. The van der Waals surface area contributed by atoms with Crippen LogP contribution in [0.3, 0.4) is 0 Å². The number of hydrogen-bond donors (Lipinski definition) is 2. The molecule has 0 spiro atoms. The van der Waals surface area contributed by atoms with Crippen LogP contribution in [0.15, 0.2) is 66.7 Å². The first kappa shape index (κ1) is 28.0. The van der Waals surface area contributed by atoms with Crippen molar-refractivity contribution >= 4 is 18.0 Å². The summed E-state index contributed by atoms with van der Waals surface area (Å²) in [6.45, 7) is -0.248. The third-order valence-corrected chi connectivity index (χ3v) is 7.97. The molecule has 0 saturated heterocycles. The molecule has 0 heterocycles. The van der Waals surface area contributed by atoms with Crippen molar-refractivity contribution in [3.63, 3.8) is 0 Å². The summed E-state index contributed by atoms with van der Waals surface area (Å²) in [5.74, 6) is -0.993. The molecule has 0 bridgehead atoms. The quantitative estimate of drug-likeness (QED) is 0.367. The first-order chi connectivity index (χ1) is 19.9. The van der Waals surface area contributed by atoms with Crippen molar-refractivity contribution in [1.29, 1.82) is 0 Å². The highest BCUT2D eigenvalue weighted by Gasteiger charge is 2.38. The van der Waals surface area contributed by atoms with Gasteiger partial charge in [0.15, 0.2) is 0 Å². The van der Waals surface area contributed by atoms with E-state index in [1.807, 2.05) is 24.3 Å². The minimum atomic E-state index is -1.12. The molecule has 0 aliphatic heterocycles. The highest BCUT2D eigenvalue weighted by atomic mass is 16.5. The number of aliphatic carboxylic acids is 1. The van der Waals surface area contributed by atoms with Crippen molar-refractivity contribution in [3.8, 4) is 22.6 Å². The topological polar surface area (TPSA) is 114 Å². The number of hydrogen-bond acceptors (Lipinski definition) is 6. The third-order valence-electron chi connectivity index (χ3n) is 7.97. The lowest BCUT2D eigenvalue weighted by Crippen LogP contribution is -2.47. The molecule has 1 saturated carbocycles. The van der Waals surface area contributed by atoms with Crippen molar-refractivity contribution in [2.75, 3.05) is 27.4 Å². The Hall–Kier alpha value is -4.53. The van der Waals surface area contributed by atoms with Crippen LogP contribution >= 0.6 is 0 Å². The van der Waals surface area contributed by atoms with Gasteiger partial charge in [-0.3, -0.25) is 9.59 Å². The molecule has 2 aliphatic rings. The number of fused-ring (bicyclic) bond motifs is 3. The minimum absolute atomic E-state index is 0.0481. The van der Waals surface area contributed by atoms with E-state index in [2.05, 4.69) is 29.6 Å². The fraction of sp³-hybridized carbons (Fsp3) is 0.344. The standard InChI is InChI=1S/C32H34N2O7/c1-39-21-15-14-20(29(16-21)40-2)17-34(18-30(35)36)31(37)26-12-7-13-28(26)33-32(38)41-19-27-24-10-5-3-8-22(24)23-9-4-6-11-25(23)27/h3-6,8-11,14-16,26-28H,7,12-13,17-19H2,1-2H3,(H,33,38)(H,35,36)/t26?,28-/m0/s1. The summed E-state index contributed by atoms with van der Waals surface area (Å²) in [6.07, 6.45) is 1.30. The number of amides is 2. The van der Waals surface area contributed by atoms with Crippen molar-refractivity contribution in [2.24, 2.45) is 5.92 Å². The van der Waals surface area contributed by atoms with E-state index in [4.69, 9.17) is 14.2 Å². The molecule has 2 aliphatic carbocycles. The van der Waals surface area contributed by atoms with E-state index < -0.39 is 30.6 Å². The van der Waals surface area contributed by atoms with E-state index in [-0.39, 0.29) is 25.0 Å². The number of carbonyl (C=O) groups excluding carboxylic acids is 2. The molecule has 0 aromatic heterocycles. The van der Waals surface area contributed by atoms with Gasteiger partial charge in [-0.1, -0.05) is 55.0 Å². The lowest BCUT2D eigenvalue weighted by molar-refractivity contribution is -0.147. The van der Waals surface area contributed by atoms with Gasteiger partial charge in [-0.05, 0) is 47.2 Å². The summed E-state index contributed by atoms with van der Waals surface area (Å²) >= 11 is 0. The summed E-state index contributed by atoms with van der Waals surface area (Å²) in [5, 5.41) is 12.4. The maximum Gasteiger partial charge on any atom is 0.407 e. The molecule has 3 aromatic carbocycles. The Morgan fingerprint density at radius 1 is 0.927 bits per heavy atom. The Bertz CT molecular complexity index is 1390. The predicted molar refractivity (Wildman–Crippen MR) is 152 cm³/mol.